The number of methoxy groups -OCH3 is 2. The van der Waals surface area contributed by atoms with Gasteiger partial charge in [-0.3, -0.25) is 0 Å². The number of nitrogens with zero attached hydrogens (tertiary/aromatic N) is 8. The van der Waals surface area contributed by atoms with Crippen LogP contribution in [-0.4, -0.2) is 69.7 Å². The summed E-state index contributed by atoms with van der Waals surface area (Å²) < 4.78 is 18.9. The molecule has 0 bridgehead atoms. The molecule has 0 amide bonds. The first-order chi connectivity index (χ1) is 19.5. The van der Waals surface area contributed by atoms with Crippen LogP contribution in [0, 0.1) is 13.8 Å². The van der Waals surface area contributed by atoms with Crippen molar-refractivity contribution in [2.45, 2.75) is 20.4 Å². The van der Waals surface area contributed by atoms with E-state index in [2.05, 4.69) is 62.1 Å². The third-order valence-electron chi connectivity index (χ3n) is 7.36. The molecule has 6 rings (SSSR count). The summed E-state index contributed by atoms with van der Waals surface area (Å²) in [6.45, 7) is 7.73. The molecule has 1 fully saturated rings. The Labute approximate surface area is 230 Å². The molecule has 1 aliphatic heterocycles. The standard InChI is InChI=1S/C28H30N8O4/c1-18-7-5-9-21(19(18)2)33-13-15-34(16-14-33)23-11-12-35-27(29-23)31-36(28(35)37)17-24-30-26(32-40-24)20-8-6-10-22(38-3)25(20)39-4/h5-12H,13-17H2,1-4H3. The van der Waals surface area contributed by atoms with E-state index in [9.17, 15) is 4.79 Å². The summed E-state index contributed by atoms with van der Waals surface area (Å²) in [5.41, 5.74) is 4.17. The van der Waals surface area contributed by atoms with Gasteiger partial charge in [0.2, 0.25) is 11.7 Å². The number of anilines is 2. The van der Waals surface area contributed by atoms with E-state index in [4.69, 9.17) is 14.0 Å². The van der Waals surface area contributed by atoms with Gasteiger partial charge >= 0.3 is 5.69 Å². The normalized spacial score (nSPS) is 13.7. The number of aromatic nitrogens is 6. The van der Waals surface area contributed by atoms with E-state index in [1.165, 1.54) is 25.9 Å². The predicted octanol–water partition coefficient (Wildman–Crippen LogP) is 2.95. The predicted molar refractivity (Wildman–Crippen MR) is 150 cm³/mol. The number of rotatable bonds is 7. The molecule has 4 heterocycles. The Morgan fingerprint density at radius 1 is 0.925 bits per heavy atom. The van der Waals surface area contributed by atoms with Crippen LogP contribution in [0.15, 0.2) is 58.0 Å². The Morgan fingerprint density at radius 3 is 2.48 bits per heavy atom. The lowest BCUT2D eigenvalue weighted by molar-refractivity contribution is 0.354. The maximum absolute atomic E-state index is 13.0. The molecule has 0 radical (unpaired) electrons. The fraction of sp³-hybridized carbons (Fsp3) is 0.321. The molecule has 0 aliphatic carbocycles. The molecule has 12 nitrogen and oxygen atoms in total. The van der Waals surface area contributed by atoms with Gasteiger partial charge in [-0.1, -0.05) is 23.4 Å². The lowest BCUT2D eigenvalue weighted by Crippen LogP contribution is -2.47. The SMILES string of the molecule is COc1cccc(-c2noc(Cn3nc4nc(N5CCN(c6cccc(C)c6C)CC5)ccn4c3=O)n2)c1OC. The van der Waals surface area contributed by atoms with Gasteiger partial charge in [0, 0.05) is 38.1 Å². The minimum Gasteiger partial charge on any atom is -0.493 e. The van der Waals surface area contributed by atoms with Crippen LogP contribution in [-0.2, 0) is 6.54 Å². The number of benzene rings is 2. The van der Waals surface area contributed by atoms with Crippen molar-refractivity contribution in [3.05, 3.63) is 76.2 Å². The van der Waals surface area contributed by atoms with Gasteiger partial charge in [-0.05, 0) is 49.2 Å². The molecule has 40 heavy (non-hydrogen) atoms. The number of hydrogen-bond acceptors (Lipinski definition) is 10. The summed E-state index contributed by atoms with van der Waals surface area (Å²) in [5, 5.41) is 8.50. The molecule has 0 saturated carbocycles. The molecule has 5 aromatic rings. The maximum Gasteiger partial charge on any atom is 0.352 e. The molecule has 0 N–H and O–H groups in total. The Bertz CT molecular complexity index is 1730. The van der Waals surface area contributed by atoms with Gasteiger partial charge in [-0.2, -0.15) is 9.97 Å². The molecule has 3 aromatic heterocycles. The molecule has 1 saturated heterocycles. The molecular weight excluding hydrogens is 512 g/mol. The van der Waals surface area contributed by atoms with Crippen molar-refractivity contribution in [1.82, 2.24) is 29.3 Å². The van der Waals surface area contributed by atoms with E-state index in [0.29, 0.717) is 28.7 Å². The van der Waals surface area contributed by atoms with E-state index in [1.807, 2.05) is 12.1 Å². The van der Waals surface area contributed by atoms with Crippen molar-refractivity contribution in [1.29, 1.82) is 0 Å². The summed E-state index contributed by atoms with van der Waals surface area (Å²) >= 11 is 0. The van der Waals surface area contributed by atoms with Crippen LogP contribution in [0.1, 0.15) is 17.0 Å². The van der Waals surface area contributed by atoms with Crippen molar-refractivity contribution in [3.8, 4) is 22.9 Å². The number of piperazine rings is 1. The second kappa shape index (κ2) is 10.4. The molecule has 12 heteroatoms. The second-order valence-corrected chi connectivity index (χ2v) is 9.64. The van der Waals surface area contributed by atoms with Gasteiger partial charge in [0.15, 0.2) is 11.5 Å². The van der Waals surface area contributed by atoms with E-state index in [0.717, 1.165) is 32.0 Å². The number of aryl methyl sites for hydroxylation is 1. The van der Waals surface area contributed by atoms with Crippen molar-refractivity contribution in [2.75, 3.05) is 50.2 Å². The Balaban J connectivity index is 1.19. The number of hydrogen-bond donors (Lipinski definition) is 0. The smallest absolute Gasteiger partial charge is 0.352 e. The highest BCUT2D eigenvalue weighted by molar-refractivity contribution is 5.68. The van der Waals surface area contributed by atoms with Gasteiger partial charge in [0.1, 0.15) is 12.4 Å². The van der Waals surface area contributed by atoms with Crippen molar-refractivity contribution in [3.63, 3.8) is 0 Å². The summed E-state index contributed by atoms with van der Waals surface area (Å²) in [5.74, 6) is 2.70. The number of fused-ring (bicyclic) bond motifs is 1. The lowest BCUT2D eigenvalue weighted by Gasteiger charge is -2.37. The minimum atomic E-state index is -0.340. The Hall–Kier alpha value is -4.87. The molecule has 2 aromatic carbocycles. The monoisotopic (exact) mass is 542 g/mol. The van der Waals surface area contributed by atoms with Crippen molar-refractivity contribution in [2.24, 2.45) is 0 Å². The minimum absolute atomic E-state index is 0.00529. The summed E-state index contributed by atoms with van der Waals surface area (Å²) in [7, 11) is 3.11. The van der Waals surface area contributed by atoms with Crippen LogP contribution < -0.4 is 25.0 Å². The molecule has 206 valence electrons. The highest BCUT2D eigenvalue weighted by atomic mass is 16.5. The zero-order valence-corrected chi connectivity index (χ0v) is 22.9. The first-order valence-corrected chi connectivity index (χ1v) is 13.0. The number of ether oxygens (including phenoxy) is 2. The fourth-order valence-electron chi connectivity index (χ4n) is 5.05. The second-order valence-electron chi connectivity index (χ2n) is 9.64. The zero-order chi connectivity index (χ0) is 27.8. The first kappa shape index (κ1) is 25.4. The Morgan fingerprint density at radius 2 is 1.70 bits per heavy atom. The van der Waals surface area contributed by atoms with Gasteiger partial charge in [0.25, 0.3) is 5.78 Å². The Kier molecular flexibility index (Phi) is 6.58. The quantitative estimate of drug-likeness (QED) is 0.304. The van der Waals surface area contributed by atoms with E-state index in [-0.39, 0.29) is 18.1 Å². The first-order valence-electron chi connectivity index (χ1n) is 13.0. The van der Waals surface area contributed by atoms with Crippen LogP contribution in [0.3, 0.4) is 0 Å². The van der Waals surface area contributed by atoms with Crippen LogP contribution in [0.2, 0.25) is 0 Å². The lowest BCUT2D eigenvalue weighted by atomic mass is 10.1. The van der Waals surface area contributed by atoms with E-state index in [1.54, 1.807) is 32.5 Å². The highest BCUT2D eigenvalue weighted by Crippen LogP contribution is 2.36. The highest BCUT2D eigenvalue weighted by Gasteiger charge is 2.22. The maximum atomic E-state index is 13.0. The van der Waals surface area contributed by atoms with Crippen LogP contribution in [0.4, 0.5) is 11.5 Å². The van der Waals surface area contributed by atoms with Crippen LogP contribution >= 0.6 is 0 Å². The third kappa shape index (κ3) is 4.51. The van der Waals surface area contributed by atoms with Crippen LogP contribution in [0.5, 0.6) is 11.5 Å². The average Bonchev–Trinajstić information content (AvgIpc) is 3.58. The van der Waals surface area contributed by atoms with Crippen molar-refractivity contribution < 1.29 is 14.0 Å². The zero-order valence-electron chi connectivity index (χ0n) is 22.9. The largest absolute Gasteiger partial charge is 0.493 e. The molecule has 0 atom stereocenters. The average molecular weight is 543 g/mol. The third-order valence-corrected chi connectivity index (χ3v) is 7.36. The summed E-state index contributed by atoms with van der Waals surface area (Å²) in [4.78, 5) is 26.8. The molecule has 1 aliphatic rings. The van der Waals surface area contributed by atoms with Gasteiger partial charge < -0.3 is 23.8 Å². The summed E-state index contributed by atoms with van der Waals surface area (Å²) in [6, 6.07) is 13.7. The van der Waals surface area contributed by atoms with E-state index < -0.39 is 0 Å². The van der Waals surface area contributed by atoms with Crippen LogP contribution in [0.25, 0.3) is 17.2 Å². The molecule has 0 spiro atoms. The topological polar surface area (TPSA) is 116 Å². The molecular formula is C28H30N8O4. The number of para-hydroxylation sites is 1. The van der Waals surface area contributed by atoms with Crippen molar-refractivity contribution >= 4 is 17.3 Å². The fourth-order valence-corrected chi connectivity index (χ4v) is 5.05. The summed E-state index contributed by atoms with van der Waals surface area (Å²) in [6.07, 6.45) is 1.71. The van der Waals surface area contributed by atoms with E-state index >= 15 is 0 Å². The van der Waals surface area contributed by atoms with Gasteiger partial charge in [-0.25, -0.2) is 13.9 Å². The van der Waals surface area contributed by atoms with Gasteiger partial charge in [-0.15, -0.1) is 5.10 Å². The van der Waals surface area contributed by atoms with Gasteiger partial charge in [0.05, 0.1) is 19.8 Å². The molecule has 0 unspecified atom stereocenters.